The fourth-order valence-electron chi connectivity index (χ4n) is 6.06. The number of nitriles is 1. The summed E-state index contributed by atoms with van der Waals surface area (Å²) in [6, 6.07) is 12.1. The maximum absolute atomic E-state index is 14.0. The van der Waals surface area contributed by atoms with E-state index in [1.807, 2.05) is 23.1 Å². The van der Waals surface area contributed by atoms with Crippen LogP contribution in [0.5, 0.6) is 0 Å². The summed E-state index contributed by atoms with van der Waals surface area (Å²) < 4.78 is 10.8. The number of benzene rings is 1. The van der Waals surface area contributed by atoms with Crippen LogP contribution in [0.3, 0.4) is 0 Å². The van der Waals surface area contributed by atoms with Crippen LogP contribution in [0.25, 0.3) is 0 Å². The Morgan fingerprint density at radius 1 is 1.15 bits per heavy atom. The Balaban J connectivity index is 1.53. The van der Waals surface area contributed by atoms with Gasteiger partial charge in [0.05, 0.1) is 25.9 Å². The van der Waals surface area contributed by atoms with Gasteiger partial charge in [-0.1, -0.05) is 62.4 Å². The number of morpholine rings is 1. The number of rotatable bonds is 8. The second-order valence-corrected chi connectivity index (χ2v) is 11.5. The van der Waals surface area contributed by atoms with Crippen LogP contribution in [0.2, 0.25) is 0 Å². The molecule has 0 radical (unpaired) electrons. The van der Waals surface area contributed by atoms with Crippen molar-refractivity contribution in [3.05, 3.63) is 35.9 Å². The zero-order valence-electron chi connectivity index (χ0n) is 24.7. The summed E-state index contributed by atoms with van der Waals surface area (Å²) in [5.74, 6) is 0.566. The van der Waals surface area contributed by atoms with E-state index in [1.54, 1.807) is 14.0 Å². The van der Waals surface area contributed by atoms with Crippen LogP contribution in [0.15, 0.2) is 35.3 Å². The second-order valence-electron chi connectivity index (χ2n) is 11.5. The predicted octanol–water partition coefficient (Wildman–Crippen LogP) is 3.78. The zero-order chi connectivity index (χ0) is 29.1. The lowest BCUT2D eigenvalue weighted by Crippen LogP contribution is -2.57. The summed E-state index contributed by atoms with van der Waals surface area (Å²) >= 11 is 0. The SMILES string of the molecule is CCOC(=O)N(C)/C(=N/C(CC1CCCCC1)C(=O)NC1(C#N)CCN(Cc2ccccc2)CC1)N1CCOCC1. The van der Waals surface area contributed by atoms with Crippen molar-refractivity contribution < 1.29 is 19.1 Å². The summed E-state index contributed by atoms with van der Waals surface area (Å²) in [6.07, 6.45) is 6.87. The molecule has 0 aromatic heterocycles. The lowest BCUT2D eigenvalue weighted by molar-refractivity contribution is -0.124. The number of nitrogens with zero attached hydrogens (tertiary/aromatic N) is 5. The number of ether oxygens (including phenoxy) is 2. The molecule has 3 aliphatic rings. The average Bonchev–Trinajstić information content (AvgIpc) is 3.01. The molecule has 1 N–H and O–H groups in total. The quantitative estimate of drug-likeness (QED) is 0.377. The van der Waals surface area contributed by atoms with E-state index < -0.39 is 17.7 Å². The number of carbonyl (C=O) groups excluding carboxylic acids is 2. The van der Waals surface area contributed by atoms with E-state index in [2.05, 4.69) is 28.4 Å². The van der Waals surface area contributed by atoms with Crippen LogP contribution in [-0.4, -0.2) is 97.3 Å². The number of nitrogens with one attached hydrogen (secondary N) is 1. The number of hydrogen-bond donors (Lipinski definition) is 1. The Hall–Kier alpha value is -3.16. The van der Waals surface area contributed by atoms with Gasteiger partial charge < -0.3 is 19.7 Å². The molecule has 1 aromatic carbocycles. The Morgan fingerprint density at radius 2 is 1.83 bits per heavy atom. The molecule has 10 heteroatoms. The van der Waals surface area contributed by atoms with Crippen LogP contribution in [0.4, 0.5) is 4.79 Å². The first-order chi connectivity index (χ1) is 19.9. The van der Waals surface area contributed by atoms with Crippen LogP contribution < -0.4 is 5.32 Å². The third-order valence-electron chi connectivity index (χ3n) is 8.53. The number of aliphatic imine (C=N–C) groups is 1. The highest BCUT2D eigenvalue weighted by atomic mass is 16.6. The highest BCUT2D eigenvalue weighted by molar-refractivity contribution is 5.95. The molecule has 224 valence electrons. The fourth-order valence-corrected chi connectivity index (χ4v) is 6.06. The van der Waals surface area contributed by atoms with Gasteiger partial charge in [0, 0.05) is 39.8 Å². The third kappa shape index (κ3) is 8.66. The first-order valence-electron chi connectivity index (χ1n) is 15.2. The van der Waals surface area contributed by atoms with E-state index in [4.69, 9.17) is 14.5 Å². The lowest BCUT2D eigenvalue weighted by Gasteiger charge is -2.39. The van der Waals surface area contributed by atoms with Gasteiger partial charge in [-0.2, -0.15) is 5.26 Å². The van der Waals surface area contributed by atoms with Crippen molar-refractivity contribution in [1.82, 2.24) is 20.0 Å². The average molecular weight is 567 g/mol. The van der Waals surface area contributed by atoms with Crippen LogP contribution in [0.1, 0.15) is 63.9 Å². The summed E-state index contributed by atoms with van der Waals surface area (Å²) in [7, 11) is 1.64. The van der Waals surface area contributed by atoms with Gasteiger partial charge in [-0.05, 0) is 37.7 Å². The van der Waals surface area contributed by atoms with Gasteiger partial charge in [0.1, 0.15) is 11.6 Å². The lowest BCUT2D eigenvalue weighted by atomic mass is 9.84. The maximum Gasteiger partial charge on any atom is 0.416 e. The third-order valence-corrected chi connectivity index (χ3v) is 8.53. The van der Waals surface area contributed by atoms with Gasteiger partial charge >= 0.3 is 6.09 Å². The van der Waals surface area contributed by atoms with Crippen LogP contribution >= 0.6 is 0 Å². The van der Waals surface area contributed by atoms with Crippen molar-refractivity contribution in [3.8, 4) is 6.07 Å². The molecule has 2 amide bonds. The molecule has 1 saturated carbocycles. The summed E-state index contributed by atoms with van der Waals surface area (Å²) in [4.78, 5) is 37.5. The molecular weight excluding hydrogens is 520 g/mol. The molecule has 3 fully saturated rings. The molecule has 4 rings (SSSR count). The van der Waals surface area contributed by atoms with Crippen LogP contribution in [-0.2, 0) is 20.8 Å². The Morgan fingerprint density at radius 3 is 2.46 bits per heavy atom. The molecule has 2 aliphatic heterocycles. The number of piperidine rings is 1. The molecular formula is C31H46N6O4. The molecule has 1 aromatic rings. The van der Waals surface area contributed by atoms with Gasteiger partial charge in [0.25, 0.3) is 0 Å². The van der Waals surface area contributed by atoms with E-state index in [0.717, 1.165) is 45.3 Å². The molecule has 1 unspecified atom stereocenters. The summed E-state index contributed by atoms with van der Waals surface area (Å²) in [5.41, 5.74) is 0.306. The van der Waals surface area contributed by atoms with Gasteiger partial charge in [0.15, 0.2) is 0 Å². The molecule has 2 saturated heterocycles. The normalized spacial score (nSPS) is 21.0. The Bertz CT molecular complexity index is 1050. The van der Waals surface area contributed by atoms with E-state index >= 15 is 0 Å². The molecule has 41 heavy (non-hydrogen) atoms. The second kappa shape index (κ2) is 15.2. The number of hydrogen-bond acceptors (Lipinski definition) is 7. The standard InChI is InChI=1S/C31H46N6O4/c1-3-41-30(39)35(2)29(37-18-20-40-21-19-37)33-27(22-25-10-6-4-7-11-25)28(38)34-31(24-32)14-16-36(17-15-31)23-26-12-8-5-9-13-26/h5,8-9,12-13,25,27H,3-4,6-7,10-11,14-23H2,1-2H3,(H,34,38)/b33-29-. The molecule has 1 atom stereocenters. The Kier molecular flexibility index (Phi) is 11.4. The fraction of sp³-hybridized carbons (Fsp3) is 0.677. The van der Waals surface area contributed by atoms with E-state index in [-0.39, 0.29) is 12.5 Å². The van der Waals surface area contributed by atoms with Crippen molar-refractivity contribution >= 4 is 18.0 Å². The van der Waals surface area contributed by atoms with Crippen molar-refractivity contribution in [2.75, 3.05) is 53.0 Å². The van der Waals surface area contributed by atoms with E-state index in [9.17, 15) is 14.9 Å². The molecule has 2 heterocycles. The van der Waals surface area contributed by atoms with Gasteiger partial charge in [-0.15, -0.1) is 0 Å². The smallest absolute Gasteiger partial charge is 0.416 e. The minimum absolute atomic E-state index is 0.239. The number of likely N-dealkylation sites (tertiary alicyclic amines) is 1. The monoisotopic (exact) mass is 566 g/mol. The van der Waals surface area contributed by atoms with E-state index in [1.165, 1.54) is 16.9 Å². The minimum atomic E-state index is -0.934. The Labute approximate surface area is 244 Å². The predicted molar refractivity (Wildman–Crippen MR) is 157 cm³/mol. The van der Waals surface area contributed by atoms with Crippen molar-refractivity contribution in [2.24, 2.45) is 10.9 Å². The molecule has 10 nitrogen and oxygen atoms in total. The van der Waals surface area contributed by atoms with Gasteiger partial charge in [-0.25, -0.2) is 9.79 Å². The maximum atomic E-state index is 14.0. The van der Waals surface area contributed by atoms with Gasteiger partial charge in [-0.3, -0.25) is 14.6 Å². The minimum Gasteiger partial charge on any atom is -0.449 e. The molecule has 0 spiro atoms. The molecule has 1 aliphatic carbocycles. The highest BCUT2D eigenvalue weighted by Gasteiger charge is 2.39. The number of guanidine groups is 1. The number of carbonyl (C=O) groups is 2. The zero-order valence-corrected chi connectivity index (χ0v) is 24.7. The molecule has 0 bridgehead atoms. The van der Waals surface area contributed by atoms with Crippen molar-refractivity contribution in [1.29, 1.82) is 5.26 Å². The first kappa shape index (κ1) is 30.8. The van der Waals surface area contributed by atoms with E-state index in [0.29, 0.717) is 57.4 Å². The summed E-state index contributed by atoms with van der Waals surface area (Å²) in [5, 5.41) is 13.4. The summed E-state index contributed by atoms with van der Waals surface area (Å²) in [6.45, 7) is 6.47. The van der Waals surface area contributed by atoms with Gasteiger partial charge in [0.2, 0.25) is 11.9 Å². The number of amides is 2. The van der Waals surface area contributed by atoms with Crippen molar-refractivity contribution in [3.63, 3.8) is 0 Å². The highest BCUT2D eigenvalue weighted by Crippen LogP contribution is 2.30. The topological polar surface area (TPSA) is 110 Å². The van der Waals surface area contributed by atoms with Crippen molar-refractivity contribution in [2.45, 2.75) is 76.4 Å². The van der Waals surface area contributed by atoms with Crippen LogP contribution in [0, 0.1) is 17.2 Å². The largest absolute Gasteiger partial charge is 0.449 e. The first-order valence-corrected chi connectivity index (χ1v) is 15.2.